The van der Waals surface area contributed by atoms with Crippen LogP contribution >= 0.6 is 0 Å². The second kappa shape index (κ2) is 9.65. The van der Waals surface area contributed by atoms with Crippen LogP contribution < -0.4 is 11.1 Å². The summed E-state index contributed by atoms with van der Waals surface area (Å²) >= 11 is 0. The molecule has 0 aliphatic heterocycles. The molecule has 0 radical (unpaired) electrons. The molecular weight excluding hydrogens is 444 g/mol. The lowest BCUT2D eigenvalue weighted by Crippen LogP contribution is -2.50. The van der Waals surface area contributed by atoms with Crippen molar-refractivity contribution >= 4 is 23.6 Å². The van der Waals surface area contributed by atoms with Gasteiger partial charge in [0.25, 0.3) is 5.91 Å². The molecule has 3 aromatic rings. The minimum absolute atomic E-state index is 0.0503. The molecule has 10 heteroatoms. The molecular formula is C25H30N8O2. The third-order valence-corrected chi connectivity index (χ3v) is 6.73. The first kappa shape index (κ1) is 24.1. The fourth-order valence-electron chi connectivity index (χ4n) is 4.09. The number of anilines is 1. The number of hydrogen-bond acceptors (Lipinski definition) is 7. The van der Waals surface area contributed by atoms with Gasteiger partial charge in [0.05, 0.1) is 17.2 Å². The quantitative estimate of drug-likeness (QED) is 0.355. The number of nitrogens with zero attached hydrogens (tertiary/aromatic N) is 5. The highest BCUT2D eigenvalue weighted by molar-refractivity contribution is 6.09. The van der Waals surface area contributed by atoms with Gasteiger partial charge >= 0.3 is 0 Å². The van der Waals surface area contributed by atoms with E-state index in [1.807, 2.05) is 38.1 Å². The van der Waals surface area contributed by atoms with E-state index in [4.69, 9.17) is 11.1 Å². The number of nitrogen functional groups attached to an aromatic ring is 1. The summed E-state index contributed by atoms with van der Waals surface area (Å²) in [6.07, 6.45) is 8.85. The van der Waals surface area contributed by atoms with Gasteiger partial charge in [0.2, 0.25) is 11.9 Å². The van der Waals surface area contributed by atoms with Crippen LogP contribution in [0.1, 0.15) is 49.0 Å². The summed E-state index contributed by atoms with van der Waals surface area (Å²) < 4.78 is 1.44. The number of carbonyl (C=O) groups excluding carboxylic acids is 2. The molecule has 2 heterocycles. The lowest BCUT2D eigenvalue weighted by molar-refractivity contribution is -0.132. The van der Waals surface area contributed by atoms with Crippen LogP contribution in [0, 0.1) is 5.41 Å². The molecule has 2 amide bonds. The van der Waals surface area contributed by atoms with E-state index in [0.29, 0.717) is 5.56 Å². The van der Waals surface area contributed by atoms with Gasteiger partial charge in [-0.3, -0.25) is 19.7 Å². The van der Waals surface area contributed by atoms with Crippen molar-refractivity contribution in [2.75, 3.05) is 12.8 Å². The molecule has 10 nitrogen and oxygen atoms in total. The van der Waals surface area contributed by atoms with Crippen LogP contribution in [0.25, 0.3) is 11.1 Å². The molecule has 0 atom stereocenters. The first-order valence-electron chi connectivity index (χ1n) is 11.6. The van der Waals surface area contributed by atoms with Crippen molar-refractivity contribution in [2.45, 2.75) is 51.1 Å². The van der Waals surface area contributed by atoms with Crippen molar-refractivity contribution in [2.24, 2.45) is 0 Å². The maximum atomic E-state index is 12.9. The molecule has 182 valence electrons. The molecule has 1 saturated carbocycles. The average molecular weight is 475 g/mol. The second-order valence-electron chi connectivity index (χ2n) is 9.20. The number of amidine groups is 1. The highest BCUT2D eigenvalue weighted by Crippen LogP contribution is 2.44. The van der Waals surface area contributed by atoms with Gasteiger partial charge in [-0.15, -0.1) is 0 Å². The zero-order chi connectivity index (χ0) is 25.2. The van der Waals surface area contributed by atoms with Gasteiger partial charge in [0, 0.05) is 37.2 Å². The maximum Gasteiger partial charge on any atom is 0.259 e. The fraction of sp³-hybridized carbons (Fsp3) is 0.360. The Bertz CT molecular complexity index is 1230. The monoisotopic (exact) mass is 474 g/mol. The van der Waals surface area contributed by atoms with Crippen LogP contribution in [0.15, 0.2) is 49.1 Å². The van der Waals surface area contributed by atoms with Gasteiger partial charge in [-0.2, -0.15) is 5.10 Å². The minimum Gasteiger partial charge on any atom is -0.368 e. The topological polar surface area (TPSA) is 143 Å². The molecule has 0 saturated heterocycles. The number of likely N-dealkylation sites (N-methyl/N-ethyl adjacent to an activating group) is 1. The number of hydrogen-bond donors (Lipinski definition) is 3. The Balaban J connectivity index is 1.44. The van der Waals surface area contributed by atoms with Gasteiger partial charge in [-0.25, -0.2) is 9.97 Å². The SMILES string of the molecule is CC(C)N(C)C(=O)Cn1cc(C(=O)NC(=N)C2(c3ccc(-c4cnc(N)nc4)cc3)CCC2)cn1. The largest absolute Gasteiger partial charge is 0.368 e. The van der Waals surface area contributed by atoms with Crippen LogP contribution in [0.3, 0.4) is 0 Å². The highest BCUT2D eigenvalue weighted by Gasteiger charge is 2.43. The van der Waals surface area contributed by atoms with Crippen LogP contribution in [0.2, 0.25) is 0 Å². The summed E-state index contributed by atoms with van der Waals surface area (Å²) in [7, 11) is 1.74. The smallest absolute Gasteiger partial charge is 0.259 e. The highest BCUT2D eigenvalue weighted by atomic mass is 16.2. The van der Waals surface area contributed by atoms with Crippen LogP contribution in [0.5, 0.6) is 0 Å². The molecule has 0 bridgehead atoms. The van der Waals surface area contributed by atoms with Gasteiger partial charge in [-0.1, -0.05) is 30.7 Å². The Morgan fingerprint density at radius 1 is 1.14 bits per heavy atom. The van der Waals surface area contributed by atoms with Gasteiger partial charge in [0.1, 0.15) is 12.4 Å². The molecule has 1 aromatic carbocycles. The summed E-state index contributed by atoms with van der Waals surface area (Å²) in [6.45, 7) is 3.91. The number of benzene rings is 1. The molecule has 35 heavy (non-hydrogen) atoms. The zero-order valence-corrected chi connectivity index (χ0v) is 20.2. The van der Waals surface area contributed by atoms with Crippen LogP contribution in [0.4, 0.5) is 5.95 Å². The Hall–Kier alpha value is -4.08. The molecule has 1 aliphatic carbocycles. The molecule has 0 spiro atoms. The van der Waals surface area contributed by atoms with Crippen LogP contribution in [-0.4, -0.2) is 55.4 Å². The first-order chi connectivity index (χ1) is 16.7. The molecule has 4 N–H and O–H groups in total. The number of carbonyl (C=O) groups is 2. The first-order valence-corrected chi connectivity index (χ1v) is 11.6. The van der Waals surface area contributed by atoms with Gasteiger partial charge in [0.15, 0.2) is 0 Å². The molecule has 4 rings (SSSR count). The second-order valence-corrected chi connectivity index (χ2v) is 9.20. The van der Waals surface area contributed by atoms with E-state index in [0.717, 1.165) is 36.0 Å². The van der Waals surface area contributed by atoms with E-state index in [1.165, 1.54) is 17.1 Å². The third kappa shape index (κ3) is 4.91. The number of aromatic nitrogens is 4. The van der Waals surface area contributed by atoms with E-state index < -0.39 is 11.3 Å². The van der Waals surface area contributed by atoms with Crippen molar-refractivity contribution in [1.82, 2.24) is 30.0 Å². The predicted molar refractivity (Wildman–Crippen MR) is 133 cm³/mol. The molecule has 0 unspecified atom stereocenters. The number of nitrogens with two attached hydrogens (primary N) is 1. The number of rotatable bonds is 7. The Morgan fingerprint density at radius 3 is 2.37 bits per heavy atom. The predicted octanol–water partition coefficient (Wildman–Crippen LogP) is 2.62. The lowest BCUT2D eigenvalue weighted by atomic mass is 9.63. The third-order valence-electron chi connectivity index (χ3n) is 6.73. The number of amides is 2. The normalized spacial score (nSPS) is 14.3. The summed E-state index contributed by atoms with van der Waals surface area (Å²) in [6, 6.07) is 7.98. The standard InChI is InChI=1S/C25H30N8O2/c1-16(2)32(3)21(34)15-33-14-19(13-30-33)22(35)31-23(26)25(9-4-10-25)20-7-5-17(6-8-20)18-11-28-24(27)29-12-18/h5-8,11-14,16H,4,9-10,15H2,1-3H3,(H2,26,31,35)(H2,27,28,29). The lowest BCUT2D eigenvalue weighted by Gasteiger charge is -2.42. The van der Waals surface area contributed by atoms with Crippen molar-refractivity contribution in [3.8, 4) is 11.1 Å². The molecule has 2 aromatic heterocycles. The number of nitrogens with one attached hydrogen (secondary N) is 2. The zero-order valence-electron chi connectivity index (χ0n) is 20.2. The van der Waals surface area contributed by atoms with E-state index in [-0.39, 0.29) is 30.3 Å². The van der Waals surface area contributed by atoms with E-state index in [2.05, 4.69) is 20.4 Å². The van der Waals surface area contributed by atoms with Crippen molar-refractivity contribution in [1.29, 1.82) is 5.41 Å². The molecule has 1 fully saturated rings. The summed E-state index contributed by atoms with van der Waals surface area (Å²) in [5.41, 5.74) is 8.13. The fourth-order valence-corrected chi connectivity index (χ4v) is 4.09. The summed E-state index contributed by atoms with van der Waals surface area (Å²) in [4.78, 5) is 34.8. The van der Waals surface area contributed by atoms with E-state index in [1.54, 1.807) is 24.3 Å². The Kier molecular flexibility index (Phi) is 6.63. The van der Waals surface area contributed by atoms with Gasteiger partial charge in [-0.05, 0) is 37.8 Å². The average Bonchev–Trinajstić information content (AvgIpc) is 3.27. The van der Waals surface area contributed by atoms with Crippen molar-refractivity contribution in [3.63, 3.8) is 0 Å². The molecule has 1 aliphatic rings. The minimum atomic E-state index is -0.530. The Labute approximate surface area is 204 Å². The van der Waals surface area contributed by atoms with Crippen molar-refractivity contribution < 1.29 is 9.59 Å². The van der Waals surface area contributed by atoms with Crippen molar-refractivity contribution in [3.05, 3.63) is 60.2 Å². The van der Waals surface area contributed by atoms with Crippen LogP contribution in [-0.2, 0) is 16.8 Å². The van der Waals surface area contributed by atoms with E-state index >= 15 is 0 Å². The maximum absolute atomic E-state index is 12.9. The Morgan fingerprint density at radius 2 is 1.80 bits per heavy atom. The van der Waals surface area contributed by atoms with Gasteiger partial charge < -0.3 is 16.0 Å². The summed E-state index contributed by atoms with van der Waals surface area (Å²) in [5, 5.41) is 15.6. The summed E-state index contributed by atoms with van der Waals surface area (Å²) in [5.74, 6) is -0.110. The van der Waals surface area contributed by atoms with E-state index in [9.17, 15) is 9.59 Å².